The molecule has 1 unspecified atom stereocenters. The summed E-state index contributed by atoms with van der Waals surface area (Å²) in [6.07, 6.45) is -0.0942. The van der Waals surface area contributed by atoms with Gasteiger partial charge in [-0.1, -0.05) is 5.16 Å². The molecule has 0 saturated heterocycles. The molecular weight excluding hydrogens is 298 g/mol. The summed E-state index contributed by atoms with van der Waals surface area (Å²) >= 11 is 0. The van der Waals surface area contributed by atoms with Crippen molar-refractivity contribution in [2.24, 2.45) is 0 Å². The number of aryl methyl sites for hydroxylation is 2. The van der Waals surface area contributed by atoms with Gasteiger partial charge in [0.15, 0.2) is 5.76 Å². The van der Waals surface area contributed by atoms with Gasteiger partial charge in [0.25, 0.3) is 5.91 Å². The third-order valence-electron chi connectivity index (χ3n) is 3.49. The van der Waals surface area contributed by atoms with Crippen LogP contribution in [0.5, 0.6) is 0 Å². The summed E-state index contributed by atoms with van der Waals surface area (Å²) in [5.74, 6) is 1.30. The first-order chi connectivity index (χ1) is 10.9. The van der Waals surface area contributed by atoms with E-state index in [1.165, 1.54) is 0 Å². The molecule has 2 N–H and O–H groups in total. The number of likely N-dealkylation sites (N-methyl/N-ethyl adjacent to an activating group) is 1. The Morgan fingerprint density at radius 3 is 2.74 bits per heavy atom. The van der Waals surface area contributed by atoms with Gasteiger partial charge in [-0.25, -0.2) is 0 Å². The van der Waals surface area contributed by atoms with Crippen LogP contribution >= 0.6 is 0 Å². The summed E-state index contributed by atoms with van der Waals surface area (Å²) in [7, 11) is 3.72. The highest BCUT2D eigenvalue weighted by molar-refractivity contribution is 5.91. The maximum atomic E-state index is 12.0. The van der Waals surface area contributed by atoms with E-state index in [9.17, 15) is 9.90 Å². The molecule has 0 fully saturated rings. The number of nitrogens with zero attached hydrogens (tertiary/aromatic N) is 2. The monoisotopic (exact) mass is 321 g/mol. The van der Waals surface area contributed by atoms with Gasteiger partial charge in [-0.15, -0.1) is 0 Å². The maximum absolute atomic E-state index is 12.0. The molecule has 0 aliphatic rings. The quantitative estimate of drug-likeness (QED) is 0.794. The smallest absolute Gasteiger partial charge is 0.287 e. The molecule has 1 atom stereocenters. The van der Waals surface area contributed by atoms with Crippen LogP contribution in [0.15, 0.2) is 21.1 Å². The molecular formula is C16H23N3O4. The van der Waals surface area contributed by atoms with Crippen LogP contribution in [0.3, 0.4) is 0 Å². The Morgan fingerprint density at radius 2 is 2.13 bits per heavy atom. The fourth-order valence-electron chi connectivity index (χ4n) is 2.31. The zero-order valence-corrected chi connectivity index (χ0v) is 13.9. The normalized spacial score (nSPS) is 12.6. The van der Waals surface area contributed by atoms with Gasteiger partial charge < -0.3 is 24.3 Å². The molecule has 0 saturated carbocycles. The molecule has 7 heteroatoms. The van der Waals surface area contributed by atoms with E-state index in [0.717, 1.165) is 17.0 Å². The molecule has 7 nitrogen and oxygen atoms in total. The fraction of sp³-hybridized carbons (Fsp3) is 0.500. The van der Waals surface area contributed by atoms with Crippen LogP contribution in [0.1, 0.15) is 33.3 Å². The van der Waals surface area contributed by atoms with Crippen LogP contribution in [0, 0.1) is 13.8 Å². The SMILES string of the molecule is Cc1noc(C)c1Cc1ccc(C(=O)NCC(O)CN(C)C)o1. The highest BCUT2D eigenvalue weighted by Crippen LogP contribution is 2.19. The van der Waals surface area contributed by atoms with Crippen molar-refractivity contribution in [3.05, 3.63) is 40.7 Å². The van der Waals surface area contributed by atoms with Crippen LogP contribution < -0.4 is 5.32 Å². The Kier molecular flexibility index (Phi) is 5.57. The minimum Gasteiger partial charge on any atom is -0.456 e. The van der Waals surface area contributed by atoms with Gasteiger partial charge in [0, 0.05) is 25.1 Å². The van der Waals surface area contributed by atoms with E-state index in [1.807, 2.05) is 32.8 Å². The molecule has 2 aromatic heterocycles. The number of nitrogens with one attached hydrogen (secondary N) is 1. The third kappa shape index (κ3) is 4.67. The van der Waals surface area contributed by atoms with Gasteiger partial charge in [0.1, 0.15) is 11.5 Å². The minimum atomic E-state index is -0.620. The Balaban J connectivity index is 1.92. The van der Waals surface area contributed by atoms with Gasteiger partial charge in [-0.05, 0) is 40.1 Å². The number of hydrogen-bond donors (Lipinski definition) is 2. The van der Waals surface area contributed by atoms with Crippen molar-refractivity contribution < 1.29 is 18.8 Å². The van der Waals surface area contributed by atoms with Gasteiger partial charge >= 0.3 is 0 Å². The first kappa shape index (κ1) is 17.2. The minimum absolute atomic E-state index is 0.177. The highest BCUT2D eigenvalue weighted by atomic mass is 16.5. The lowest BCUT2D eigenvalue weighted by molar-refractivity contribution is 0.0865. The molecule has 0 aliphatic carbocycles. The summed E-state index contributed by atoms with van der Waals surface area (Å²) in [6, 6.07) is 3.39. The molecule has 0 bridgehead atoms. The standard InChI is InChI=1S/C16H23N3O4/c1-10-14(11(2)23-18-10)7-13-5-6-15(22-13)16(21)17-8-12(20)9-19(3)4/h5-6,12,20H,7-9H2,1-4H3,(H,17,21). The summed E-state index contributed by atoms with van der Waals surface area (Å²) in [4.78, 5) is 13.9. The van der Waals surface area contributed by atoms with Gasteiger partial charge in [-0.3, -0.25) is 4.79 Å². The third-order valence-corrected chi connectivity index (χ3v) is 3.49. The lowest BCUT2D eigenvalue weighted by Crippen LogP contribution is -2.37. The molecule has 0 radical (unpaired) electrons. The second-order valence-corrected chi connectivity index (χ2v) is 5.87. The number of aliphatic hydroxyl groups is 1. The van der Waals surface area contributed by atoms with Crippen molar-refractivity contribution in [1.82, 2.24) is 15.4 Å². The number of hydrogen-bond acceptors (Lipinski definition) is 6. The molecule has 23 heavy (non-hydrogen) atoms. The number of furan rings is 1. The first-order valence-corrected chi connectivity index (χ1v) is 7.48. The van der Waals surface area contributed by atoms with Gasteiger partial charge in [0.05, 0.1) is 11.8 Å². The predicted octanol–water partition coefficient (Wildman–Crippen LogP) is 1.13. The summed E-state index contributed by atoms with van der Waals surface area (Å²) in [5.41, 5.74) is 1.78. The average Bonchev–Trinajstić information content (AvgIpc) is 3.06. The second-order valence-electron chi connectivity index (χ2n) is 5.87. The summed E-state index contributed by atoms with van der Waals surface area (Å²) < 4.78 is 10.7. The highest BCUT2D eigenvalue weighted by Gasteiger charge is 2.16. The number of amides is 1. The molecule has 126 valence electrons. The first-order valence-electron chi connectivity index (χ1n) is 7.48. The van der Waals surface area contributed by atoms with Crippen LogP contribution in [-0.2, 0) is 6.42 Å². The van der Waals surface area contributed by atoms with Crippen molar-refractivity contribution in [3.63, 3.8) is 0 Å². The molecule has 0 spiro atoms. The largest absolute Gasteiger partial charge is 0.456 e. The second kappa shape index (κ2) is 7.43. The van der Waals surface area contributed by atoms with Gasteiger partial charge in [0.2, 0.25) is 0 Å². The van der Waals surface area contributed by atoms with Gasteiger partial charge in [-0.2, -0.15) is 0 Å². The van der Waals surface area contributed by atoms with E-state index in [4.69, 9.17) is 8.94 Å². The van der Waals surface area contributed by atoms with E-state index < -0.39 is 6.10 Å². The number of aromatic nitrogens is 1. The average molecular weight is 321 g/mol. The molecule has 0 aliphatic heterocycles. The van der Waals surface area contributed by atoms with E-state index in [2.05, 4.69) is 10.5 Å². The molecule has 0 aromatic carbocycles. The lowest BCUT2D eigenvalue weighted by Gasteiger charge is -2.15. The van der Waals surface area contributed by atoms with Crippen LogP contribution in [-0.4, -0.2) is 54.4 Å². The molecule has 2 heterocycles. The van der Waals surface area contributed by atoms with E-state index in [0.29, 0.717) is 18.7 Å². The molecule has 1 amide bonds. The summed E-state index contributed by atoms with van der Waals surface area (Å²) in [5, 5.41) is 16.3. The Hall–Kier alpha value is -2.12. The lowest BCUT2D eigenvalue weighted by atomic mass is 10.1. The molecule has 2 aromatic rings. The van der Waals surface area contributed by atoms with E-state index >= 15 is 0 Å². The Labute approximate surface area is 135 Å². The van der Waals surface area contributed by atoms with Crippen molar-refractivity contribution >= 4 is 5.91 Å². The van der Waals surface area contributed by atoms with Crippen molar-refractivity contribution in [2.45, 2.75) is 26.4 Å². The Bertz CT molecular complexity index is 641. The van der Waals surface area contributed by atoms with Crippen molar-refractivity contribution in [3.8, 4) is 0 Å². The maximum Gasteiger partial charge on any atom is 0.287 e. The number of carbonyl (C=O) groups is 1. The Morgan fingerprint density at radius 1 is 1.39 bits per heavy atom. The number of carbonyl (C=O) groups excluding carboxylic acids is 1. The molecule has 2 rings (SSSR count). The number of rotatable bonds is 7. The topological polar surface area (TPSA) is 91.7 Å². The van der Waals surface area contributed by atoms with E-state index in [-0.39, 0.29) is 18.2 Å². The fourth-order valence-corrected chi connectivity index (χ4v) is 2.31. The van der Waals surface area contributed by atoms with Crippen LogP contribution in [0.2, 0.25) is 0 Å². The van der Waals surface area contributed by atoms with Crippen LogP contribution in [0.25, 0.3) is 0 Å². The zero-order chi connectivity index (χ0) is 17.0. The number of aliphatic hydroxyl groups excluding tert-OH is 1. The van der Waals surface area contributed by atoms with Crippen LogP contribution in [0.4, 0.5) is 0 Å². The van der Waals surface area contributed by atoms with Crippen molar-refractivity contribution in [1.29, 1.82) is 0 Å². The predicted molar refractivity (Wildman–Crippen MR) is 84.4 cm³/mol. The summed E-state index contributed by atoms with van der Waals surface area (Å²) in [6.45, 7) is 4.37. The van der Waals surface area contributed by atoms with Crippen molar-refractivity contribution in [2.75, 3.05) is 27.2 Å². The zero-order valence-electron chi connectivity index (χ0n) is 13.9. The van der Waals surface area contributed by atoms with E-state index in [1.54, 1.807) is 12.1 Å².